The highest BCUT2D eigenvalue weighted by atomic mass is 32.2. The molecule has 1 fully saturated rings. The maximum absolute atomic E-state index is 12.3. The Bertz CT molecular complexity index is 412. The van der Waals surface area contributed by atoms with Crippen molar-refractivity contribution >= 4 is 15.7 Å². The van der Waals surface area contributed by atoms with Crippen LogP contribution in [0.2, 0.25) is 0 Å². The average Bonchev–Trinajstić information content (AvgIpc) is 2.34. The zero-order valence-corrected chi connectivity index (χ0v) is 12.9. The molecule has 0 atom stereocenters. The van der Waals surface area contributed by atoms with Crippen LogP contribution in [0.5, 0.6) is 0 Å². The molecule has 1 amide bonds. The van der Waals surface area contributed by atoms with Gasteiger partial charge in [0.1, 0.15) is 4.75 Å². The number of nitrogens with zero attached hydrogens (tertiary/aromatic N) is 2. The van der Waals surface area contributed by atoms with Crippen molar-refractivity contribution in [2.45, 2.75) is 25.0 Å². The molecule has 2 N–H and O–H groups in total. The van der Waals surface area contributed by atoms with Gasteiger partial charge in [-0.3, -0.25) is 9.69 Å². The Morgan fingerprint density at radius 3 is 2.16 bits per heavy atom. The van der Waals surface area contributed by atoms with Gasteiger partial charge in [0.05, 0.1) is 0 Å². The molecule has 0 saturated carbocycles. The molecule has 0 aromatic heterocycles. The van der Waals surface area contributed by atoms with Crippen molar-refractivity contribution < 1.29 is 13.2 Å². The predicted octanol–water partition coefficient (Wildman–Crippen LogP) is -0.697. The second-order valence-corrected chi connectivity index (χ2v) is 8.12. The molecule has 0 spiro atoms. The van der Waals surface area contributed by atoms with Gasteiger partial charge < -0.3 is 10.6 Å². The summed E-state index contributed by atoms with van der Waals surface area (Å²) in [5.41, 5.74) is 5.47. The highest BCUT2D eigenvalue weighted by Gasteiger charge is 2.41. The normalized spacial score (nSPS) is 18.6. The third kappa shape index (κ3) is 3.90. The molecular weight excluding hydrogens is 266 g/mol. The minimum atomic E-state index is -3.40. The lowest BCUT2D eigenvalue weighted by atomic mass is 10.1. The van der Waals surface area contributed by atoms with E-state index < -0.39 is 14.6 Å². The van der Waals surface area contributed by atoms with Gasteiger partial charge in [0.15, 0.2) is 9.84 Å². The smallest absolute Gasteiger partial charge is 0.243 e. The zero-order valence-electron chi connectivity index (χ0n) is 12.1. The molecule has 1 aliphatic heterocycles. The van der Waals surface area contributed by atoms with Crippen LogP contribution >= 0.6 is 0 Å². The summed E-state index contributed by atoms with van der Waals surface area (Å²) in [6.45, 7) is 7.30. The van der Waals surface area contributed by atoms with Crippen molar-refractivity contribution in [2.75, 3.05) is 45.5 Å². The Balaban J connectivity index is 2.59. The second-order valence-electron chi connectivity index (χ2n) is 5.56. The van der Waals surface area contributed by atoms with Crippen molar-refractivity contribution in [1.82, 2.24) is 9.80 Å². The maximum Gasteiger partial charge on any atom is 0.243 e. The van der Waals surface area contributed by atoms with Gasteiger partial charge in [0.2, 0.25) is 5.91 Å². The van der Waals surface area contributed by atoms with E-state index in [1.165, 1.54) is 13.8 Å². The minimum Gasteiger partial charge on any atom is -0.339 e. The molecule has 0 aromatic rings. The highest BCUT2D eigenvalue weighted by Crippen LogP contribution is 2.19. The van der Waals surface area contributed by atoms with Crippen molar-refractivity contribution in [3.05, 3.63) is 0 Å². The van der Waals surface area contributed by atoms with E-state index >= 15 is 0 Å². The number of carbonyl (C=O) groups excluding carboxylic acids is 1. The SMILES string of the molecule is CC(C)(C(=O)N1CCN(CCCN)CC1)S(C)(=O)=O. The second kappa shape index (κ2) is 6.19. The van der Waals surface area contributed by atoms with Crippen LogP contribution in [0.1, 0.15) is 20.3 Å². The van der Waals surface area contributed by atoms with Crippen molar-refractivity contribution in [1.29, 1.82) is 0 Å². The van der Waals surface area contributed by atoms with Crippen LogP contribution in [0, 0.1) is 0 Å². The van der Waals surface area contributed by atoms with Gasteiger partial charge in [-0.1, -0.05) is 0 Å². The predicted molar refractivity (Wildman–Crippen MR) is 75.6 cm³/mol. The topological polar surface area (TPSA) is 83.7 Å². The van der Waals surface area contributed by atoms with E-state index in [9.17, 15) is 13.2 Å². The first kappa shape index (κ1) is 16.4. The van der Waals surface area contributed by atoms with Crippen LogP contribution in [0.4, 0.5) is 0 Å². The summed E-state index contributed by atoms with van der Waals surface area (Å²) in [6, 6.07) is 0. The van der Waals surface area contributed by atoms with Crippen LogP contribution < -0.4 is 5.73 Å². The van der Waals surface area contributed by atoms with Gasteiger partial charge in [-0.25, -0.2) is 8.42 Å². The third-order valence-electron chi connectivity index (χ3n) is 3.78. The largest absolute Gasteiger partial charge is 0.339 e. The quantitative estimate of drug-likeness (QED) is 0.724. The van der Waals surface area contributed by atoms with Crippen LogP contribution in [0.15, 0.2) is 0 Å². The molecule has 1 heterocycles. The lowest BCUT2D eigenvalue weighted by Gasteiger charge is -2.38. The van der Waals surface area contributed by atoms with Crippen molar-refractivity contribution in [3.8, 4) is 0 Å². The van der Waals surface area contributed by atoms with Gasteiger partial charge in [0, 0.05) is 32.4 Å². The van der Waals surface area contributed by atoms with E-state index in [4.69, 9.17) is 5.73 Å². The molecular formula is C12H25N3O3S. The number of nitrogens with two attached hydrogens (primary N) is 1. The van der Waals surface area contributed by atoms with E-state index in [0.717, 1.165) is 32.3 Å². The fraction of sp³-hybridized carbons (Fsp3) is 0.917. The number of hydrogen-bond donors (Lipinski definition) is 1. The van der Waals surface area contributed by atoms with E-state index in [1.54, 1.807) is 4.90 Å². The molecule has 19 heavy (non-hydrogen) atoms. The summed E-state index contributed by atoms with van der Waals surface area (Å²) >= 11 is 0. The average molecular weight is 291 g/mol. The molecule has 0 radical (unpaired) electrons. The molecule has 0 aromatic carbocycles. The van der Waals surface area contributed by atoms with Gasteiger partial charge >= 0.3 is 0 Å². The molecule has 0 unspecified atom stereocenters. The first-order valence-corrected chi connectivity index (χ1v) is 8.50. The monoisotopic (exact) mass is 291 g/mol. The Kier molecular flexibility index (Phi) is 5.34. The number of piperazine rings is 1. The third-order valence-corrected chi connectivity index (χ3v) is 5.81. The van der Waals surface area contributed by atoms with Crippen LogP contribution in [-0.2, 0) is 14.6 Å². The number of carbonyl (C=O) groups is 1. The number of sulfone groups is 1. The van der Waals surface area contributed by atoms with Crippen LogP contribution in [0.25, 0.3) is 0 Å². The standard InChI is InChI=1S/C12H25N3O3S/c1-12(2,19(3,17)18)11(16)15-9-7-14(8-10-15)6-4-5-13/h4-10,13H2,1-3H3. The molecule has 112 valence electrons. The van der Waals surface area contributed by atoms with Gasteiger partial charge in [-0.05, 0) is 33.4 Å². The summed E-state index contributed by atoms with van der Waals surface area (Å²) in [4.78, 5) is 16.2. The van der Waals surface area contributed by atoms with E-state index in [0.29, 0.717) is 19.6 Å². The number of hydrogen-bond acceptors (Lipinski definition) is 5. The minimum absolute atomic E-state index is 0.298. The van der Waals surface area contributed by atoms with E-state index in [2.05, 4.69) is 4.90 Å². The lowest BCUT2D eigenvalue weighted by Crippen LogP contribution is -2.56. The lowest BCUT2D eigenvalue weighted by molar-refractivity contribution is -0.134. The Hall–Kier alpha value is -0.660. The highest BCUT2D eigenvalue weighted by molar-refractivity contribution is 7.92. The summed E-state index contributed by atoms with van der Waals surface area (Å²) in [7, 11) is -3.40. The fourth-order valence-corrected chi connectivity index (χ4v) is 2.48. The number of amides is 1. The molecule has 0 aliphatic carbocycles. The van der Waals surface area contributed by atoms with Crippen molar-refractivity contribution in [3.63, 3.8) is 0 Å². The van der Waals surface area contributed by atoms with Crippen molar-refractivity contribution in [2.24, 2.45) is 5.73 Å². The van der Waals surface area contributed by atoms with E-state index in [1.807, 2.05) is 0 Å². The van der Waals surface area contributed by atoms with Gasteiger partial charge in [-0.15, -0.1) is 0 Å². The molecule has 1 aliphatic rings. The zero-order chi connectivity index (χ0) is 14.7. The van der Waals surface area contributed by atoms with Gasteiger partial charge in [0.25, 0.3) is 0 Å². The first-order chi connectivity index (χ1) is 8.70. The van der Waals surface area contributed by atoms with Crippen LogP contribution in [0.3, 0.4) is 0 Å². The maximum atomic E-state index is 12.3. The molecule has 0 bridgehead atoms. The van der Waals surface area contributed by atoms with Crippen LogP contribution in [-0.4, -0.2) is 74.4 Å². The first-order valence-electron chi connectivity index (χ1n) is 6.61. The number of rotatable bonds is 5. The molecule has 1 rings (SSSR count). The molecule has 1 saturated heterocycles. The Morgan fingerprint density at radius 2 is 1.74 bits per heavy atom. The molecule has 6 nitrogen and oxygen atoms in total. The summed E-state index contributed by atoms with van der Waals surface area (Å²) in [5, 5.41) is 0. The Morgan fingerprint density at radius 1 is 1.21 bits per heavy atom. The summed E-state index contributed by atoms with van der Waals surface area (Å²) in [6.07, 6.45) is 2.06. The Labute approximate surface area is 115 Å². The summed E-state index contributed by atoms with van der Waals surface area (Å²) in [5.74, 6) is -0.298. The summed E-state index contributed by atoms with van der Waals surface area (Å²) < 4.78 is 22.0. The van der Waals surface area contributed by atoms with E-state index in [-0.39, 0.29) is 5.91 Å². The van der Waals surface area contributed by atoms with Gasteiger partial charge in [-0.2, -0.15) is 0 Å². The fourth-order valence-electron chi connectivity index (χ4n) is 2.03. The molecule has 7 heteroatoms.